The number of halogens is 1. The van der Waals surface area contributed by atoms with Crippen LogP contribution >= 0.6 is 0 Å². The molecule has 0 fully saturated rings. The molecule has 0 aromatic heterocycles. The molecule has 2 N–H and O–H groups in total. The van der Waals surface area contributed by atoms with Gasteiger partial charge in [-0.15, -0.1) is 0 Å². The highest BCUT2D eigenvalue weighted by Crippen LogP contribution is 2.33. The minimum atomic E-state index is -1.17. The van der Waals surface area contributed by atoms with Crippen molar-refractivity contribution >= 4 is 17.7 Å². The Morgan fingerprint density at radius 3 is 2.57 bits per heavy atom. The number of nitrogens with one attached hydrogen (secondary N) is 1. The standard InChI is InChI=1S/C23H27FN2O4/c1-23(2,3)18-8-6-16(12-19(18)24)25-21(27)20-17-7-5-14(13-30-4)11-15(17)9-10-26(20)22(28)29/h5-8,11-12,20H,9-10,13H2,1-4H3,(H,25,27)(H,28,29)/t20-/m1/s1. The van der Waals surface area contributed by atoms with Crippen LogP contribution in [0.25, 0.3) is 0 Å². The predicted octanol–water partition coefficient (Wildman–Crippen LogP) is 4.49. The first-order valence-corrected chi connectivity index (χ1v) is 9.83. The minimum Gasteiger partial charge on any atom is -0.465 e. The average molecular weight is 414 g/mol. The number of hydrogen-bond donors (Lipinski definition) is 2. The highest BCUT2D eigenvalue weighted by atomic mass is 19.1. The van der Waals surface area contributed by atoms with Crippen LogP contribution in [-0.2, 0) is 28.0 Å². The summed E-state index contributed by atoms with van der Waals surface area (Å²) in [6.45, 7) is 6.36. The zero-order valence-corrected chi connectivity index (χ0v) is 17.7. The molecular weight excluding hydrogens is 387 g/mol. The highest BCUT2D eigenvalue weighted by molar-refractivity contribution is 5.97. The number of methoxy groups -OCH3 is 1. The SMILES string of the molecule is COCc1ccc2c(c1)CCN(C(=O)O)[C@H]2C(=O)Nc1ccc(C(C)(C)C)c(F)c1. The Labute approximate surface area is 175 Å². The first-order valence-electron chi connectivity index (χ1n) is 9.83. The Morgan fingerprint density at radius 2 is 1.97 bits per heavy atom. The topological polar surface area (TPSA) is 78.9 Å². The molecule has 0 unspecified atom stereocenters. The number of fused-ring (bicyclic) bond motifs is 1. The third-order valence-electron chi connectivity index (χ3n) is 5.29. The van der Waals surface area contributed by atoms with Gasteiger partial charge < -0.3 is 15.2 Å². The van der Waals surface area contributed by atoms with Crippen molar-refractivity contribution < 1.29 is 23.8 Å². The van der Waals surface area contributed by atoms with Gasteiger partial charge in [0.2, 0.25) is 0 Å². The third kappa shape index (κ3) is 4.46. The zero-order valence-electron chi connectivity index (χ0n) is 17.7. The van der Waals surface area contributed by atoms with Gasteiger partial charge >= 0.3 is 6.09 Å². The summed E-state index contributed by atoms with van der Waals surface area (Å²) in [5, 5.41) is 12.3. The van der Waals surface area contributed by atoms with Crippen LogP contribution in [0.4, 0.5) is 14.9 Å². The van der Waals surface area contributed by atoms with Crippen LogP contribution in [0.2, 0.25) is 0 Å². The summed E-state index contributed by atoms with van der Waals surface area (Å²) in [4.78, 5) is 26.0. The van der Waals surface area contributed by atoms with Crippen molar-refractivity contribution in [1.82, 2.24) is 4.90 Å². The number of ether oxygens (including phenoxy) is 1. The molecule has 1 aliphatic heterocycles. The van der Waals surface area contributed by atoms with Gasteiger partial charge in [0.1, 0.15) is 11.9 Å². The van der Waals surface area contributed by atoms with Crippen LogP contribution in [0.5, 0.6) is 0 Å². The lowest BCUT2D eigenvalue weighted by atomic mass is 9.86. The number of nitrogens with zero attached hydrogens (tertiary/aromatic N) is 1. The quantitative estimate of drug-likeness (QED) is 0.773. The number of rotatable bonds is 4. The van der Waals surface area contributed by atoms with E-state index in [9.17, 15) is 19.1 Å². The lowest BCUT2D eigenvalue weighted by molar-refractivity contribution is -0.121. The van der Waals surface area contributed by atoms with Gasteiger partial charge in [-0.1, -0.05) is 45.0 Å². The number of anilines is 1. The molecule has 7 heteroatoms. The number of benzene rings is 2. The number of carbonyl (C=O) groups excluding carboxylic acids is 1. The summed E-state index contributed by atoms with van der Waals surface area (Å²) in [5.74, 6) is -0.926. The lowest BCUT2D eigenvalue weighted by Gasteiger charge is -2.34. The van der Waals surface area contributed by atoms with Crippen molar-refractivity contribution in [3.05, 3.63) is 64.5 Å². The molecule has 2 aromatic carbocycles. The second kappa shape index (κ2) is 8.44. The lowest BCUT2D eigenvalue weighted by Crippen LogP contribution is -2.44. The fourth-order valence-electron chi connectivity index (χ4n) is 3.84. The van der Waals surface area contributed by atoms with Crippen molar-refractivity contribution in [1.29, 1.82) is 0 Å². The van der Waals surface area contributed by atoms with Crippen LogP contribution in [0.1, 0.15) is 49.1 Å². The summed E-state index contributed by atoms with van der Waals surface area (Å²) < 4.78 is 19.7. The van der Waals surface area contributed by atoms with E-state index in [-0.39, 0.29) is 12.0 Å². The first-order chi connectivity index (χ1) is 14.1. The Bertz CT molecular complexity index is 968. The molecule has 6 nitrogen and oxygen atoms in total. The first kappa shape index (κ1) is 21.8. The number of carbonyl (C=O) groups is 2. The van der Waals surface area contributed by atoms with Crippen LogP contribution in [0.15, 0.2) is 36.4 Å². The number of amides is 2. The minimum absolute atomic E-state index is 0.203. The molecule has 30 heavy (non-hydrogen) atoms. The average Bonchev–Trinajstić information content (AvgIpc) is 2.66. The Hall–Kier alpha value is -2.93. The van der Waals surface area contributed by atoms with Crippen LogP contribution < -0.4 is 5.32 Å². The van der Waals surface area contributed by atoms with Gasteiger partial charge in [-0.25, -0.2) is 9.18 Å². The van der Waals surface area contributed by atoms with Gasteiger partial charge in [0, 0.05) is 19.3 Å². The molecule has 0 bridgehead atoms. The molecule has 0 radical (unpaired) electrons. The van der Waals surface area contributed by atoms with Gasteiger partial charge in [0.15, 0.2) is 0 Å². The van der Waals surface area contributed by atoms with Gasteiger partial charge in [-0.05, 0) is 46.2 Å². The smallest absolute Gasteiger partial charge is 0.408 e. The molecule has 0 saturated heterocycles. The maximum Gasteiger partial charge on any atom is 0.408 e. The van der Waals surface area contributed by atoms with E-state index in [0.29, 0.717) is 29.8 Å². The van der Waals surface area contributed by atoms with E-state index < -0.39 is 23.9 Å². The fraction of sp³-hybridized carbons (Fsp3) is 0.391. The van der Waals surface area contributed by atoms with Crippen molar-refractivity contribution in [2.75, 3.05) is 19.0 Å². The highest BCUT2D eigenvalue weighted by Gasteiger charge is 2.36. The Kier molecular flexibility index (Phi) is 6.12. The summed E-state index contributed by atoms with van der Waals surface area (Å²) in [7, 11) is 1.60. The van der Waals surface area contributed by atoms with E-state index in [0.717, 1.165) is 16.0 Å². The molecule has 160 valence electrons. The van der Waals surface area contributed by atoms with Crippen LogP contribution in [-0.4, -0.2) is 35.7 Å². The maximum atomic E-state index is 14.5. The van der Waals surface area contributed by atoms with E-state index >= 15 is 0 Å². The largest absolute Gasteiger partial charge is 0.465 e. The molecule has 2 amide bonds. The van der Waals surface area contributed by atoms with E-state index in [2.05, 4.69) is 5.32 Å². The molecular formula is C23H27FN2O4. The number of hydrogen-bond acceptors (Lipinski definition) is 3. The van der Waals surface area contributed by atoms with Crippen molar-refractivity contribution in [3.8, 4) is 0 Å². The normalized spacial score (nSPS) is 16.2. The summed E-state index contributed by atoms with van der Waals surface area (Å²) >= 11 is 0. The molecule has 1 aliphatic rings. The number of carboxylic acid groups (broad SMARTS) is 1. The van der Waals surface area contributed by atoms with E-state index in [4.69, 9.17) is 4.74 Å². The molecule has 0 spiro atoms. The van der Waals surface area contributed by atoms with Gasteiger partial charge in [-0.3, -0.25) is 9.69 Å². The Morgan fingerprint density at radius 1 is 1.23 bits per heavy atom. The third-order valence-corrected chi connectivity index (χ3v) is 5.29. The van der Waals surface area contributed by atoms with Gasteiger partial charge in [-0.2, -0.15) is 0 Å². The van der Waals surface area contributed by atoms with Crippen LogP contribution in [0.3, 0.4) is 0 Å². The van der Waals surface area contributed by atoms with E-state index in [1.165, 1.54) is 6.07 Å². The second-order valence-electron chi connectivity index (χ2n) is 8.53. The fourth-order valence-corrected chi connectivity index (χ4v) is 3.84. The van der Waals surface area contributed by atoms with Gasteiger partial charge in [0.25, 0.3) is 5.91 Å². The molecule has 1 atom stereocenters. The maximum absolute atomic E-state index is 14.5. The predicted molar refractivity (Wildman–Crippen MR) is 112 cm³/mol. The molecule has 2 aromatic rings. The van der Waals surface area contributed by atoms with Gasteiger partial charge in [0.05, 0.1) is 6.61 Å². The summed E-state index contributed by atoms with van der Waals surface area (Å²) in [6, 6.07) is 9.08. The van der Waals surface area contributed by atoms with E-state index in [1.54, 1.807) is 25.3 Å². The molecule has 1 heterocycles. The summed E-state index contributed by atoms with van der Waals surface area (Å²) in [5.41, 5.74) is 2.97. The second-order valence-corrected chi connectivity index (χ2v) is 8.53. The van der Waals surface area contributed by atoms with Crippen molar-refractivity contribution in [2.45, 2.75) is 45.3 Å². The summed E-state index contributed by atoms with van der Waals surface area (Å²) in [6.07, 6.45) is -0.659. The van der Waals surface area contributed by atoms with Crippen LogP contribution in [0, 0.1) is 5.82 Å². The molecule has 0 saturated carbocycles. The zero-order chi connectivity index (χ0) is 22.1. The van der Waals surface area contributed by atoms with Crippen molar-refractivity contribution in [2.24, 2.45) is 0 Å². The van der Waals surface area contributed by atoms with Crippen molar-refractivity contribution in [3.63, 3.8) is 0 Å². The van der Waals surface area contributed by atoms with E-state index in [1.807, 2.05) is 32.9 Å². The molecule has 0 aliphatic carbocycles. The monoisotopic (exact) mass is 414 g/mol. The molecule has 3 rings (SSSR count). The Balaban J connectivity index is 1.91.